The van der Waals surface area contributed by atoms with Crippen LogP contribution in [0.2, 0.25) is 0 Å². The smallest absolute Gasteiger partial charge is 0.250 e. The zero-order valence-corrected chi connectivity index (χ0v) is 15.9. The van der Waals surface area contributed by atoms with E-state index >= 15 is 0 Å². The van der Waals surface area contributed by atoms with E-state index in [1.165, 1.54) is 27.5 Å². The molecule has 0 saturated carbocycles. The van der Waals surface area contributed by atoms with E-state index in [4.69, 9.17) is 4.74 Å². The topological polar surface area (TPSA) is 86.1 Å². The minimum Gasteiger partial charge on any atom is -0.483 e. The molecule has 0 radical (unpaired) electrons. The first-order chi connectivity index (χ1) is 13.0. The third-order valence-electron chi connectivity index (χ3n) is 3.89. The van der Waals surface area contributed by atoms with Crippen molar-refractivity contribution in [1.82, 2.24) is 14.8 Å². The molecule has 0 aliphatic rings. The van der Waals surface area contributed by atoms with E-state index in [0.717, 1.165) is 12.2 Å². The van der Waals surface area contributed by atoms with Crippen molar-refractivity contribution >= 4 is 22.4 Å². The van der Waals surface area contributed by atoms with E-state index in [1.807, 2.05) is 31.2 Å². The second-order valence-corrected chi connectivity index (χ2v) is 6.93. The number of hydrogen-bond acceptors (Lipinski definition) is 6. The SMILES string of the molecule is CCc1ccc(OC(C)c2nnc(NC(=O)Cn3ccccc3=O)s2)cc1. The number of pyridine rings is 1. The summed E-state index contributed by atoms with van der Waals surface area (Å²) in [6.07, 6.45) is 2.25. The summed E-state index contributed by atoms with van der Waals surface area (Å²) < 4.78 is 7.20. The van der Waals surface area contributed by atoms with Crippen molar-refractivity contribution in [3.05, 3.63) is 69.6 Å². The predicted octanol–water partition coefficient (Wildman–Crippen LogP) is 3.04. The Labute approximate surface area is 160 Å². The summed E-state index contributed by atoms with van der Waals surface area (Å²) >= 11 is 1.24. The number of ether oxygens (including phenoxy) is 1. The Bertz CT molecular complexity index is 965. The van der Waals surface area contributed by atoms with Crippen LogP contribution in [0.1, 0.15) is 30.5 Å². The fourth-order valence-corrected chi connectivity index (χ4v) is 3.15. The molecule has 27 heavy (non-hydrogen) atoms. The maximum Gasteiger partial charge on any atom is 0.250 e. The summed E-state index contributed by atoms with van der Waals surface area (Å²) in [5, 5.41) is 11.8. The number of carbonyl (C=O) groups excluding carboxylic acids is 1. The molecule has 8 heteroatoms. The molecular formula is C19H20N4O3S. The van der Waals surface area contributed by atoms with Crippen LogP contribution in [-0.2, 0) is 17.8 Å². The van der Waals surface area contributed by atoms with Gasteiger partial charge in [0.15, 0.2) is 5.01 Å². The predicted molar refractivity (Wildman–Crippen MR) is 104 cm³/mol. The van der Waals surface area contributed by atoms with Gasteiger partial charge in [-0.15, -0.1) is 10.2 Å². The van der Waals surface area contributed by atoms with E-state index in [-0.39, 0.29) is 24.1 Å². The molecule has 0 fully saturated rings. The summed E-state index contributed by atoms with van der Waals surface area (Å²) in [5.74, 6) is 0.415. The molecule has 0 bridgehead atoms. The molecule has 2 heterocycles. The number of anilines is 1. The van der Waals surface area contributed by atoms with Crippen molar-refractivity contribution in [2.45, 2.75) is 32.9 Å². The highest BCUT2D eigenvalue weighted by Crippen LogP contribution is 2.26. The summed E-state index contributed by atoms with van der Waals surface area (Å²) in [6.45, 7) is 3.90. The molecule has 1 N–H and O–H groups in total. The number of rotatable bonds is 7. The van der Waals surface area contributed by atoms with Gasteiger partial charge in [-0.2, -0.15) is 0 Å². The van der Waals surface area contributed by atoms with Crippen LogP contribution in [0.25, 0.3) is 0 Å². The van der Waals surface area contributed by atoms with Crippen molar-refractivity contribution in [2.24, 2.45) is 0 Å². The standard InChI is InChI=1S/C19H20N4O3S/c1-3-14-7-9-15(10-8-14)26-13(2)18-21-22-19(27-18)20-16(24)12-23-11-5-4-6-17(23)25/h4-11,13H,3,12H2,1-2H3,(H,20,22,24). The van der Waals surface area contributed by atoms with Crippen molar-refractivity contribution in [3.63, 3.8) is 0 Å². The van der Waals surface area contributed by atoms with Gasteiger partial charge in [0.05, 0.1) is 0 Å². The van der Waals surface area contributed by atoms with E-state index in [9.17, 15) is 9.59 Å². The Morgan fingerprint density at radius 3 is 2.70 bits per heavy atom. The highest BCUT2D eigenvalue weighted by atomic mass is 32.1. The van der Waals surface area contributed by atoms with Crippen LogP contribution in [0.5, 0.6) is 5.75 Å². The fourth-order valence-electron chi connectivity index (χ4n) is 2.41. The summed E-state index contributed by atoms with van der Waals surface area (Å²) in [4.78, 5) is 23.8. The molecule has 3 rings (SSSR count). The van der Waals surface area contributed by atoms with Crippen molar-refractivity contribution in [3.8, 4) is 5.75 Å². The normalized spacial score (nSPS) is 11.8. The zero-order valence-electron chi connectivity index (χ0n) is 15.1. The van der Waals surface area contributed by atoms with E-state index < -0.39 is 0 Å². The van der Waals surface area contributed by atoms with Gasteiger partial charge >= 0.3 is 0 Å². The molecule has 140 valence electrons. The van der Waals surface area contributed by atoms with Crippen LogP contribution in [0.4, 0.5) is 5.13 Å². The number of nitrogens with one attached hydrogen (secondary N) is 1. The number of carbonyl (C=O) groups is 1. The Morgan fingerprint density at radius 2 is 2.00 bits per heavy atom. The molecule has 1 unspecified atom stereocenters. The first kappa shape index (κ1) is 18.8. The Hall–Kier alpha value is -3.00. The number of amides is 1. The monoisotopic (exact) mass is 384 g/mol. The highest BCUT2D eigenvalue weighted by molar-refractivity contribution is 7.15. The first-order valence-electron chi connectivity index (χ1n) is 8.59. The lowest BCUT2D eigenvalue weighted by molar-refractivity contribution is -0.116. The van der Waals surface area contributed by atoms with Crippen LogP contribution in [0.3, 0.4) is 0 Å². The summed E-state index contributed by atoms with van der Waals surface area (Å²) in [7, 11) is 0. The van der Waals surface area contributed by atoms with Gasteiger partial charge in [0.25, 0.3) is 5.56 Å². The summed E-state index contributed by atoms with van der Waals surface area (Å²) in [6, 6.07) is 12.6. The van der Waals surface area contributed by atoms with Gasteiger partial charge in [-0.3, -0.25) is 14.9 Å². The number of benzene rings is 1. The Balaban J connectivity index is 1.59. The van der Waals surface area contributed by atoms with Crippen molar-refractivity contribution in [1.29, 1.82) is 0 Å². The lowest BCUT2D eigenvalue weighted by Crippen LogP contribution is -2.26. The lowest BCUT2D eigenvalue weighted by atomic mass is 10.2. The van der Waals surface area contributed by atoms with Gasteiger partial charge in [-0.25, -0.2) is 0 Å². The molecule has 0 aliphatic heterocycles. The van der Waals surface area contributed by atoms with Crippen LogP contribution in [0, 0.1) is 0 Å². The maximum atomic E-state index is 12.1. The average molecular weight is 384 g/mol. The second kappa shape index (κ2) is 8.59. The van der Waals surface area contributed by atoms with Gasteiger partial charge in [-0.1, -0.05) is 36.5 Å². The van der Waals surface area contributed by atoms with E-state index in [1.54, 1.807) is 18.3 Å². The molecule has 0 spiro atoms. The molecule has 7 nitrogen and oxygen atoms in total. The largest absolute Gasteiger partial charge is 0.483 e. The van der Waals surface area contributed by atoms with Gasteiger partial charge in [0.2, 0.25) is 11.0 Å². The number of nitrogens with zero attached hydrogens (tertiary/aromatic N) is 3. The van der Waals surface area contributed by atoms with Crippen LogP contribution < -0.4 is 15.6 Å². The van der Waals surface area contributed by atoms with E-state index in [0.29, 0.717) is 10.1 Å². The third kappa shape index (κ3) is 5.01. The highest BCUT2D eigenvalue weighted by Gasteiger charge is 2.15. The molecule has 3 aromatic rings. The van der Waals surface area contributed by atoms with Crippen LogP contribution in [0.15, 0.2) is 53.5 Å². The molecule has 1 atom stereocenters. The van der Waals surface area contributed by atoms with Crippen LogP contribution in [-0.4, -0.2) is 20.7 Å². The van der Waals surface area contributed by atoms with Gasteiger partial charge in [0.1, 0.15) is 18.4 Å². The minimum atomic E-state index is -0.338. The Kier molecular flexibility index (Phi) is 5.97. The van der Waals surface area contributed by atoms with Gasteiger partial charge in [-0.05, 0) is 37.1 Å². The number of aromatic nitrogens is 3. The summed E-state index contributed by atoms with van der Waals surface area (Å²) in [5.41, 5.74) is 1.01. The molecule has 0 aliphatic carbocycles. The molecule has 1 amide bonds. The van der Waals surface area contributed by atoms with E-state index in [2.05, 4.69) is 22.4 Å². The maximum absolute atomic E-state index is 12.1. The quantitative estimate of drug-likeness (QED) is 0.677. The second-order valence-electron chi connectivity index (χ2n) is 5.92. The number of hydrogen-bond donors (Lipinski definition) is 1. The lowest BCUT2D eigenvalue weighted by Gasteiger charge is -2.11. The third-order valence-corrected chi connectivity index (χ3v) is 4.89. The molecular weight excluding hydrogens is 364 g/mol. The van der Waals surface area contributed by atoms with Crippen molar-refractivity contribution < 1.29 is 9.53 Å². The van der Waals surface area contributed by atoms with Crippen molar-refractivity contribution in [2.75, 3.05) is 5.32 Å². The Morgan fingerprint density at radius 1 is 1.22 bits per heavy atom. The fraction of sp³-hybridized carbons (Fsp3) is 0.263. The number of aryl methyl sites for hydroxylation is 1. The van der Waals surface area contributed by atoms with Crippen LogP contribution >= 0.6 is 11.3 Å². The minimum absolute atomic E-state index is 0.0790. The molecule has 0 saturated heterocycles. The average Bonchev–Trinajstić information content (AvgIpc) is 3.13. The molecule has 2 aromatic heterocycles. The van der Waals surface area contributed by atoms with Gasteiger partial charge in [0, 0.05) is 12.3 Å². The molecule has 1 aromatic carbocycles. The first-order valence-corrected chi connectivity index (χ1v) is 9.41. The zero-order chi connectivity index (χ0) is 19.2. The van der Waals surface area contributed by atoms with Gasteiger partial charge < -0.3 is 9.30 Å².